The Kier molecular flexibility index (Phi) is 10.9. The zero-order valence-electron chi connectivity index (χ0n) is 20.8. The summed E-state index contributed by atoms with van der Waals surface area (Å²) in [7, 11) is 1.91. The Morgan fingerprint density at radius 2 is 1.81 bits per heavy atom. The third-order valence-electron chi connectivity index (χ3n) is 6.38. The van der Waals surface area contributed by atoms with E-state index in [4.69, 9.17) is 16.6 Å². The number of benzene rings is 2. The molecule has 0 spiro atoms. The Morgan fingerprint density at radius 1 is 1.11 bits per heavy atom. The highest BCUT2D eigenvalue weighted by molar-refractivity contribution is 7.96. The van der Waals surface area contributed by atoms with Gasteiger partial charge in [0.1, 0.15) is 12.2 Å². The Labute approximate surface area is 229 Å². The summed E-state index contributed by atoms with van der Waals surface area (Å²) in [4.78, 5) is 9.70. The third kappa shape index (κ3) is 7.36. The molecule has 0 aliphatic heterocycles. The number of aromatic nitrogens is 1. The van der Waals surface area contributed by atoms with E-state index in [1.165, 1.54) is 24.8 Å². The molecule has 0 bridgehead atoms. The number of aliphatic imine (C=N–C) groups is 1. The molecule has 2 aromatic carbocycles. The molecule has 1 saturated carbocycles. The number of hydrogen-bond donors (Lipinski definition) is 2. The highest BCUT2D eigenvalue weighted by Gasteiger charge is 2.23. The topological polar surface area (TPSA) is 89.8 Å². The second kappa shape index (κ2) is 13.9. The molecule has 0 radical (unpaired) electrons. The number of nitrogens with zero attached hydrogens (tertiary/aromatic N) is 3. The van der Waals surface area contributed by atoms with E-state index in [2.05, 4.69) is 45.7 Å². The van der Waals surface area contributed by atoms with Crippen molar-refractivity contribution in [1.29, 1.82) is 0 Å². The van der Waals surface area contributed by atoms with Gasteiger partial charge in [0.15, 0.2) is 0 Å². The van der Waals surface area contributed by atoms with Crippen LogP contribution in [0.15, 0.2) is 76.2 Å². The first-order valence-electron chi connectivity index (χ1n) is 12.0. The van der Waals surface area contributed by atoms with Crippen LogP contribution in [0.25, 0.3) is 0 Å². The average molecular weight is 542 g/mol. The normalized spacial score (nSPS) is 15.2. The molecule has 0 saturated heterocycles. The molecule has 1 fully saturated rings. The van der Waals surface area contributed by atoms with Crippen molar-refractivity contribution in [2.24, 2.45) is 22.5 Å². The molecule has 1 aliphatic rings. The van der Waals surface area contributed by atoms with Crippen LogP contribution in [-0.2, 0) is 10.7 Å². The van der Waals surface area contributed by atoms with E-state index in [9.17, 15) is 0 Å². The molecule has 0 amide bonds. The van der Waals surface area contributed by atoms with Crippen molar-refractivity contribution < 1.29 is 4.28 Å². The first kappa shape index (κ1) is 28.3. The molecule has 0 atom stereocenters. The summed E-state index contributed by atoms with van der Waals surface area (Å²) in [6.07, 6.45) is 6.71. The van der Waals surface area contributed by atoms with E-state index in [1.54, 1.807) is 11.3 Å². The summed E-state index contributed by atoms with van der Waals surface area (Å²) in [5, 5.41) is 2.79. The fourth-order valence-corrected chi connectivity index (χ4v) is 5.51. The highest BCUT2D eigenvalue weighted by Crippen LogP contribution is 2.32. The number of thiazole rings is 1. The maximum Gasteiger partial charge on any atom is 0.209 e. The van der Waals surface area contributed by atoms with Gasteiger partial charge in [-0.25, -0.2) is 20.2 Å². The van der Waals surface area contributed by atoms with Gasteiger partial charge in [0.25, 0.3) is 0 Å². The summed E-state index contributed by atoms with van der Waals surface area (Å²) in [6, 6.07) is 18.7. The fourth-order valence-electron chi connectivity index (χ4n) is 4.51. The van der Waals surface area contributed by atoms with E-state index < -0.39 is 0 Å². The van der Waals surface area contributed by atoms with Crippen LogP contribution >= 0.6 is 37.1 Å². The number of anilines is 1. The lowest BCUT2D eigenvalue weighted by Gasteiger charge is -2.26. The van der Waals surface area contributed by atoms with Crippen LogP contribution in [0.2, 0.25) is 0 Å². The standard InChI is InChI=1S/C27H33N5OS2.H2S/c1-19-18-34-27(30-19)31-26(22-11-7-4-8-12-22)24(25(28)21-9-5-3-6-10-21)17-20-13-15-23(16-14-20)32(2)35-33-29;/h4,7-8,11-16,18,21H,3,5-6,9-10,17,28-29H2,1-2H3;1H2. The molecule has 1 heterocycles. The number of rotatable bonds is 9. The lowest BCUT2D eigenvalue weighted by atomic mass is 9.82. The number of hydrogen-bond acceptors (Lipinski definition) is 8. The molecule has 0 unspecified atom stereocenters. The Morgan fingerprint density at radius 3 is 2.42 bits per heavy atom. The molecule has 36 heavy (non-hydrogen) atoms. The smallest absolute Gasteiger partial charge is 0.209 e. The minimum atomic E-state index is 0. The van der Waals surface area contributed by atoms with Gasteiger partial charge in [-0.3, -0.25) is 4.31 Å². The first-order valence-corrected chi connectivity index (χ1v) is 13.5. The zero-order chi connectivity index (χ0) is 24.6. The van der Waals surface area contributed by atoms with Crippen molar-refractivity contribution in [2.75, 3.05) is 11.4 Å². The van der Waals surface area contributed by atoms with Crippen LogP contribution in [0.3, 0.4) is 0 Å². The van der Waals surface area contributed by atoms with Crippen molar-refractivity contribution in [3.8, 4) is 0 Å². The summed E-state index contributed by atoms with van der Waals surface area (Å²) >= 11 is 2.65. The van der Waals surface area contributed by atoms with E-state index >= 15 is 0 Å². The average Bonchev–Trinajstić information content (AvgIpc) is 3.32. The Hall–Kier alpha value is -2.30. The largest absolute Gasteiger partial charge is 0.402 e. The number of aryl methyl sites for hydroxylation is 1. The van der Waals surface area contributed by atoms with Crippen LogP contribution in [0.1, 0.15) is 48.9 Å². The molecule has 3 aromatic rings. The highest BCUT2D eigenvalue weighted by atomic mass is 32.2. The van der Waals surface area contributed by atoms with Gasteiger partial charge in [-0.2, -0.15) is 13.5 Å². The van der Waals surface area contributed by atoms with Gasteiger partial charge < -0.3 is 5.73 Å². The molecule has 9 heteroatoms. The van der Waals surface area contributed by atoms with Gasteiger partial charge in [0, 0.05) is 41.4 Å². The fraction of sp³-hybridized carbons (Fsp3) is 0.333. The summed E-state index contributed by atoms with van der Waals surface area (Å²) < 4.78 is 6.56. The molecule has 6 nitrogen and oxygen atoms in total. The zero-order valence-corrected chi connectivity index (χ0v) is 23.4. The van der Waals surface area contributed by atoms with E-state index in [-0.39, 0.29) is 13.5 Å². The minimum Gasteiger partial charge on any atom is -0.402 e. The summed E-state index contributed by atoms with van der Waals surface area (Å²) in [5.41, 5.74) is 14.2. The number of nitrogens with two attached hydrogens (primary N) is 2. The molecular formula is C27H35N5OS3. The van der Waals surface area contributed by atoms with Crippen molar-refractivity contribution in [2.45, 2.75) is 45.4 Å². The molecular weight excluding hydrogens is 507 g/mol. The SMILES string of the molecule is Cc1csc(N=C(C(Cc2ccc(N(C)SON)cc2)=C(N)C2CCCCC2)c2ccccc2)n1.S. The second-order valence-electron chi connectivity index (χ2n) is 8.88. The van der Waals surface area contributed by atoms with E-state index in [0.717, 1.165) is 64.1 Å². The molecule has 192 valence electrons. The van der Waals surface area contributed by atoms with Crippen LogP contribution in [0, 0.1) is 12.8 Å². The Bertz CT molecular complexity index is 1160. The second-order valence-corrected chi connectivity index (χ2v) is 10.6. The first-order chi connectivity index (χ1) is 17.0. The van der Waals surface area contributed by atoms with E-state index in [0.29, 0.717) is 12.3 Å². The van der Waals surface area contributed by atoms with Crippen LogP contribution in [-0.4, -0.2) is 17.7 Å². The van der Waals surface area contributed by atoms with Crippen LogP contribution < -0.4 is 15.9 Å². The maximum atomic E-state index is 7.00. The molecule has 4 rings (SSSR count). The third-order valence-corrected chi connectivity index (χ3v) is 7.75. The van der Waals surface area contributed by atoms with Gasteiger partial charge in [-0.05, 0) is 43.4 Å². The van der Waals surface area contributed by atoms with Crippen molar-refractivity contribution in [3.05, 3.63) is 88.1 Å². The number of allylic oxidation sites excluding steroid dienone is 2. The van der Waals surface area contributed by atoms with Crippen LogP contribution in [0.5, 0.6) is 0 Å². The minimum absolute atomic E-state index is 0. The maximum absolute atomic E-state index is 7.00. The van der Waals surface area contributed by atoms with E-state index in [1.807, 2.05) is 41.9 Å². The molecule has 4 N–H and O–H groups in total. The van der Waals surface area contributed by atoms with Gasteiger partial charge >= 0.3 is 0 Å². The van der Waals surface area contributed by atoms with Crippen molar-refractivity contribution in [1.82, 2.24) is 4.98 Å². The lowest BCUT2D eigenvalue weighted by molar-refractivity contribution is 0.397. The van der Waals surface area contributed by atoms with Gasteiger partial charge in [0.05, 0.1) is 11.4 Å². The van der Waals surface area contributed by atoms with Crippen molar-refractivity contribution in [3.63, 3.8) is 0 Å². The molecule has 1 aliphatic carbocycles. The summed E-state index contributed by atoms with van der Waals surface area (Å²) in [6.45, 7) is 2.00. The Balaban J connectivity index is 0.00000361. The predicted octanol–water partition coefficient (Wildman–Crippen LogP) is 6.61. The van der Waals surface area contributed by atoms with Gasteiger partial charge in [-0.1, -0.05) is 61.7 Å². The monoisotopic (exact) mass is 541 g/mol. The summed E-state index contributed by atoms with van der Waals surface area (Å²) in [5.74, 6) is 5.59. The van der Waals surface area contributed by atoms with Gasteiger partial charge in [-0.15, -0.1) is 11.3 Å². The predicted molar refractivity (Wildman–Crippen MR) is 159 cm³/mol. The van der Waals surface area contributed by atoms with Crippen molar-refractivity contribution >= 4 is 53.6 Å². The lowest BCUT2D eigenvalue weighted by Crippen LogP contribution is -2.22. The van der Waals surface area contributed by atoms with Gasteiger partial charge in [0.2, 0.25) is 5.13 Å². The van der Waals surface area contributed by atoms with Crippen LogP contribution in [0.4, 0.5) is 10.8 Å². The molecule has 1 aromatic heterocycles. The quantitative estimate of drug-likeness (QED) is 0.137.